The molecule has 2 heterocycles. The molecule has 0 radical (unpaired) electrons. The van der Waals surface area contributed by atoms with Crippen LogP contribution in [0.15, 0.2) is 18.2 Å². The predicted molar refractivity (Wildman–Crippen MR) is 128 cm³/mol. The van der Waals surface area contributed by atoms with E-state index in [1.165, 1.54) is 71.6 Å². The molecule has 0 N–H and O–H groups in total. The van der Waals surface area contributed by atoms with E-state index in [1.807, 2.05) is 0 Å². The quantitative estimate of drug-likeness (QED) is 0.608. The Balaban J connectivity index is 1.48. The fraction of sp³-hybridized carbons (Fsp3) is 0.615. The molecule has 0 saturated heterocycles. The molecule has 1 saturated carbocycles. The lowest BCUT2D eigenvalue weighted by molar-refractivity contribution is -0.131. The lowest BCUT2D eigenvalue weighted by Gasteiger charge is -2.33. The average molecular weight is 439 g/mol. The van der Waals surface area contributed by atoms with Crippen LogP contribution in [-0.2, 0) is 22.6 Å². The van der Waals surface area contributed by atoms with Gasteiger partial charge < -0.3 is 9.47 Å². The van der Waals surface area contributed by atoms with Gasteiger partial charge in [-0.3, -0.25) is 9.59 Å². The number of benzene rings is 1. The molecular weight excluding hydrogens is 404 g/mol. The van der Waals surface area contributed by atoms with E-state index in [4.69, 9.17) is 0 Å². The molecule has 0 spiro atoms. The van der Waals surface area contributed by atoms with Crippen LogP contribution in [0, 0.1) is 0 Å². The van der Waals surface area contributed by atoms with Gasteiger partial charge in [0.05, 0.1) is 17.5 Å². The van der Waals surface area contributed by atoms with E-state index >= 15 is 0 Å². The van der Waals surface area contributed by atoms with Crippen LogP contribution in [0.25, 0.3) is 10.9 Å². The highest BCUT2D eigenvalue weighted by Crippen LogP contribution is 2.43. The van der Waals surface area contributed by atoms with Crippen LogP contribution in [0.3, 0.4) is 0 Å². The number of rotatable bonds is 5. The number of aryl methyl sites for hydroxylation is 2. The van der Waals surface area contributed by atoms with Crippen molar-refractivity contribution in [2.45, 2.75) is 83.2 Å². The van der Waals surface area contributed by atoms with Crippen molar-refractivity contribution in [3.63, 3.8) is 0 Å². The molecule has 1 atom stereocenters. The van der Waals surface area contributed by atoms with Gasteiger partial charge in [0, 0.05) is 29.7 Å². The molecule has 1 aliphatic heterocycles. The Morgan fingerprint density at radius 2 is 1.84 bits per heavy atom. The van der Waals surface area contributed by atoms with Crippen LogP contribution in [-0.4, -0.2) is 39.2 Å². The van der Waals surface area contributed by atoms with Crippen molar-refractivity contribution >= 4 is 34.4 Å². The molecule has 5 rings (SSSR count). The topological polar surface area (TPSA) is 42.3 Å². The summed E-state index contributed by atoms with van der Waals surface area (Å²) in [6, 6.07) is 7.45. The number of ketones is 1. The monoisotopic (exact) mass is 438 g/mol. The first-order valence-electron chi connectivity index (χ1n) is 12.1. The molecule has 2 aliphatic carbocycles. The van der Waals surface area contributed by atoms with Gasteiger partial charge in [0.25, 0.3) is 0 Å². The maximum Gasteiger partial charge on any atom is 0.233 e. The van der Waals surface area contributed by atoms with E-state index in [9.17, 15) is 9.59 Å². The van der Waals surface area contributed by atoms with Crippen molar-refractivity contribution in [3.05, 3.63) is 35.0 Å². The van der Waals surface area contributed by atoms with E-state index in [1.54, 1.807) is 6.92 Å². The van der Waals surface area contributed by atoms with E-state index in [0.717, 1.165) is 44.7 Å². The Morgan fingerprint density at radius 1 is 1.00 bits per heavy atom. The summed E-state index contributed by atoms with van der Waals surface area (Å²) in [6.07, 6.45) is 11.1. The van der Waals surface area contributed by atoms with Crippen LogP contribution in [0.1, 0.15) is 87.1 Å². The summed E-state index contributed by atoms with van der Waals surface area (Å²) in [7, 11) is 0. The van der Waals surface area contributed by atoms with Crippen molar-refractivity contribution in [2.75, 3.05) is 18.1 Å². The minimum Gasteiger partial charge on any atom is -0.342 e. The van der Waals surface area contributed by atoms with Crippen molar-refractivity contribution in [1.82, 2.24) is 9.47 Å². The zero-order valence-corrected chi connectivity index (χ0v) is 19.5. The summed E-state index contributed by atoms with van der Waals surface area (Å²) in [5.74, 6) is 1.91. The highest BCUT2D eigenvalue weighted by atomic mass is 32.2. The second-order valence-electron chi connectivity index (χ2n) is 9.67. The number of hydrogen-bond acceptors (Lipinski definition) is 3. The van der Waals surface area contributed by atoms with Gasteiger partial charge in [-0.05, 0) is 74.6 Å². The summed E-state index contributed by atoms with van der Waals surface area (Å²) < 4.78 is 2.54. The molecule has 3 aliphatic rings. The van der Waals surface area contributed by atoms with E-state index < -0.39 is 0 Å². The standard InChI is InChI=1S/C26H34N2O2S/c1-18(29)16-31-17-25(30)27-13-6-14-28-23-12-11-20(19-7-3-2-4-8-19)15-22(23)21-9-5-10-24(27)26(21)28/h11-12,15,19,24H,2-10,13-14,16-17H2,1H3. The summed E-state index contributed by atoms with van der Waals surface area (Å²) in [5.41, 5.74) is 5.81. The fourth-order valence-corrected chi connectivity index (χ4v) is 6.90. The van der Waals surface area contributed by atoms with E-state index in [-0.39, 0.29) is 17.7 Å². The Kier molecular flexibility index (Phi) is 6.14. The highest BCUT2D eigenvalue weighted by Gasteiger charge is 2.35. The third kappa shape index (κ3) is 4.06. The van der Waals surface area contributed by atoms with E-state index in [2.05, 4.69) is 27.7 Å². The smallest absolute Gasteiger partial charge is 0.233 e. The average Bonchev–Trinajstić information content (AvgIpc) is 2.96. The number of thioether (sulfide) groups is 1. The number of fused-ring (bicyclic) bond motifs is 3. The number of hydrogen-bond donors (Lipinski definition) is 0. The van der Waals surface area contributed by atoms with Crippen molar-refractivity contribution in [2.24, 2.45) is 0 Å². The van der Waals surface area contributed by atoms with Crippen LogP contribution >= 0.6 is 11.8 Å². The first-order valence-corrected chi connectivity index (χ1v) is 13.3. The van der Waals surface area contributed by atoms with Crippen LogP contribution in [0.2, 0.25) is 0 Å². The van der Waals surface area contributed by atoms with Gasteiger partial charge in [-0.1, -0.05) is 25.3 Å². The van der Waals surface area contributed by atoms with Crippen LogP contribution in [0.4, 0.5) is 0 Å². The van der Waals surface area contributed by atoms with Gasteiger partial charge in [0.1, 0.15) is 5.78 Å². The van der Waals surface area contributed by atoms with Crippen LogP contribution in [0.5, 0.6) is 0 Å². The summed E-state index contributed by atoms with van der Waals surface area (Å²) in [5, 5.41) is 1.45. The number of Topliss-reactive ketones (excluding diaryl/α,β-unsaturated/α-hetero) is 1. The molecular formula is C26H34N2O2S. The molecule has 1 unspecified atom stereocenters. The SMILES string of the molecule is CC(=O)CSCC(=O)N1CCCn2c3c(c4cc(C5CCCCC5)ccc42)CCCC31. The lowest BCUT2D eigenvalue weighted by atomic mass is 9.83. The zero-order chi connectivity index (χ0) is 21.4. The third-order valence-corrected chi connectivity index (χ3v) is 8.60. The minimum atomic E-state index is 0.141. The number of amides is 1. The molecule has 1 aromatic heterocycles. The summed E-state index contributed by atoms with van der Waals surface area (Å²) in [4.78, 5) is 26.5. The maximum absolute atomic E-state index is 13.1. The molecule has 0 bridgehead atoms. The van der Waals surface area contributed by atoms with Crippen molar-refractivity contribution in [1.29, 1.82) is 0 Å². The zero-order valence-electron chi connectivity index (χ0n) is 18.7. The van der Waals surface area contributed by atoms with Gasteiger partial charge in [-0.25, -0.2) is 0 Å². The third-order valence-electron chi connectivity index (χ3n) is 7.54. The second-order valence-corrected chi connectivity index (χ2v) is 10.7. The van der Waals surface area contributed by atoms with Gasteiger partial charge in [0.2, 0.25) is 5.91 Å². The fourth-order valence-electron chi connectivity index (χ4n) is 6.17. The van der Waals surface area contributed by atoms with Crippen molar-refractivity contribution < 1.29 is 9.59 Å². The van der Waals surface area contributed by atoms with Gasteiger partial charge in [0.15, 0.2) is 0 Å². The number of nitrogens with zero attached hydrogens (tertiary/aromatic N) is 2. The van der Waals surface area contributed by atoms with E-state index in [0.29, 0.717) is 11.5 Å². The second kappa shape index (κ2) is 9.01. The lowest BCUT2D eigenvalue weighted by Crippen LogP contribution is -2.37. The van der Waals surface area contributed by atoms with Gasteiger partial charge in [-0.2, -0.15) is 0 Å². The van der Waals surface area contributed by atoms with Gasteiger partial charge >= 0.3 is 0 Å². The molecule has 1 fully saturated rings. The summed E-state index contributed by atoms with van der Waals surface area (Å²) >= 11 is 1.46. The largest absolute Gasteiger partial charge is 0.342 e. The van der Waals surface area contributed by atoms with Gasteiger partial charge in [-0.15, -0.1) is 11.8 Å². The molecule has 4 nitrogen and oxygen atoms in total. The normalized spacial score (nSPS) is 21.7. The Hall–Kier alpha value is -1.75. The number of carbonyl (C=O) groups is 2. The number of carbonyl (C=O) groups excluding carboxylic acids is 2. The molecule has 31 heavy (non-hydrogen) atoms. The van der Waals surface area contributed by atoms with Crippen LogP contribution < -0.4 is 0 Å². The van der Waals surface area contributed by atoms with Crippen molar-refractivity contribution in [3.8, 4) is 0 Å². The molecule has 2 aromatic rings. The first kappa shape index (κ1) is 21.1. The first-order chi connectivity index (χ1) is 15.1. The minimum absolute atomic E-state index is 0.141. The molecule has 1 aromatic carbocycles. The summed E-state index contributed by atoms with van der Waals surface area (Å²) in [6.45, 7) is 3.42. The Morgan fingerprint density at radius 3 is 2.65 bits per heavy atom. The molecule has 1 amide bonds. The Labute approximate surface area is 189 Å². The highest BCUT2D eigenvalue weighted by molar-refractivity contribution is 8.00. The predicted octanol–water partition coefficient (Wildman–Crippen LogP) is 5.62. The molecule has 166 valence electrons. The maximum atomic E-state index is 13.1. The number of aromatic nitrogens is 1. The molecule has 5 heteroatoms. The Bertz CT molecular complexity index is 989.